The molecule has 0 aliphatic heterocycles. The van der Waals surface area contributed by atoms with Crippen LogP contribution in [0.25, 0.3) is 16.7 Å². The van der Waals surface area contributed by atoms with Gasteiger partial charge < -0.3 is 10.3 Å². The van der Waals surface area contributed by atoms with Crippen molar-refractivity contribution in [2.24, 2.45) is 5.92 Å². The smallest absolute Gasteiger partial charge is 0.251 e. The van der Waals surface area contributed by atoms with Crippen LogP contribution >= 0.6 is 0 Å². The third kappa shape index (κ3) is 3.73. The highest BCUT2D eigenvalue weighted by Crippen LogP contribution is 2.25. The quantitative estimate of drug-likeness (QED) is 0.526. The molecule has 4 rings (SSSR count). The van der Waals surface area contributed by atoms with Crippen LogP contribution in [-0.2, 0) is 0 Å². The molecule has 0 aliphatic carbocycles. The number of hydrogen-bond donors (Lipinski definition) is 2. The molecule has 2 heterocycles. The normalized spacial score (nSPS) is 13.3. The Labute approximate surface area is 168 Å². The average molecular weight is 389 g/mol. The molecular formula is C21H23N7O. The molecule has 2 N–H and O–H groups in total. The number of benzene rings is 2. The predicted molar refractivity (Wildman–Crippen MR) is 110 cm³/mol. The largest absolute Gasteiger partial charge is 0.342 e. The van der Waals surface area contributed by atoms with E-state index in [0.717, 1.165) is 29.0 Å². The Morgan fingerprint density at radius 2 is 2.03 bits per heavy atom. The zero-order chi connectivity index (χ0) is 20.4. The van der Waals surface area contributed by atoms with Gasteiger partial charge >= 0.3 is 0 Å². The molecule has 0 saturated heterocycles. The average Bonchev–Trinajstić information content (AvgIpc) is 3.37. The molecule has 0 saturated carbocycles. The predicted octanol–water partition coefficient (Wildman–Crippen LogP) is 3.36. The van der Waals surface area contributed by atoms with Crippen LogP contribution in [0.2, 0.25) is 0 Å². The Bertz CT molecular complexity index is 1110. The van der Waals surface area contributed by atoms with Crippen LogP contribution in [-0.4, -0.2) is 36.1 Å². The first-order chi connectivity index (χ1) is 14.1. The van der Waals surface area contributed by atoms with Crippen molar-refractivity contribution in [3.05, 3.63) is 65.7 Å². The second kappa shape index (κ2) is 7.83. The minimum Gasteiger partial charge on any atom is -0.342 e. The van der Waals surface area contributed by atoms with Gasteiger partial charge in [-0.1, -0.05) is 38.5 Å². The number of aromatic amines is 1. The van der Waals surface area contributed by atoms with Gasteiger partial charge in [-0.3, -0.25) is 4.79 Å². The molecule has 0 spiro atoms. The van der Waals surface area contributed by atoms with Gasteiger partial charge in [-0.2, -0.15) is 4.68 Å². The maximum absolute atomic E-state index is 13.1. The molecule has 148 valence electrons. The summed E-state index contributed by atoms with van der Waals surface area (Å²) in [6.45, 7) is 6.03. The highest BCUT2D eigenvalue weighted by atomic mass is 16.1. The van der Waals surface area contributed by atoms with Gasteiger partial charge in [0.25, 0.3) is 5.91 Å². The van der Waals surface area contributed by atoms with Crippen molar-refractivity contribution in [2.75, 3.05) is 0 Å². The lowest BCUT2D eigenvalue weighted by Gasteiger charge is -2.22. The van der Waals surface area contributed by atoms with Crippen molar-refractivity contribution in [3.8, 4) is 5.69 Å². The summed E-state index contributed by atoms with van der Waals surface area (Å²) in [5.41, 5.74) is 3.13. The molecular weight excluding hydrogens is 366 g/mol. The number of aromatic nitrogens is 6. The summed E-state index contributed by atoms with van der Waals surface area (Å²) in [6.07, 6.45) is 0.909. The first-order valence-corrected chi connectivity index (χ1v) is 9.67. The lowest BCUT2D eigenvalue weighted by atomic mass is 9.98. The number of nitrogens with zero attached hydrogens (tertiary/aromatic N) is 5. The van der Waals surface area contributed by atoms with Crippen LogP contribution in [0, 0.1) is 12.8 Å². The summed E-state index contributed by atoms with van der Waals surface area (Å²) in [4.78, 5) is 21.1. The van der Waals surface area contributed by atoms with Crippen molar-refractivity contribution < 1.29 is 4.79 Å². The number of H-pyrrole nitrogens is 1. The number of rotatable bonds is 6. The molecule has 8 heteroatoms. The zero-order valence-corrected chi connectivity index (χ0v) is 16.6. The molecule has 1 amide bonds. The second-order valence-electron chi connectivity index (χ2n) is 7.16. The van der Waals surface area contributed by atoms with Crippen LogP contribution in [0.5, 0.6) is 0 Å². The van der Waals surface area contributed by atoms with Crippen LogP contribution in [0.4, 0.5) is 0 Å². The zero-order valence-electron chi connectivity index (χ0n) is 16.6. The topological polar surface area (TPSA) is 101 Å². The van der Waals surface area contributed by atoms with Gasteiger partial charge in [0.2, 0.25) is 0 Å². The summed E-state index contributed by atoms with van der Waals surface area (Å²) in [6, 6.07) is 14.9. The van der Waals surface area contributed by atoms with E-state index in [-0.39, 0.29) is 17.9 Å². The van der Waals surface area contributed by atoms with Gasteiger partial charge in [0.15, 0.2) is 5.82 Å². The van der Waals surface area contributed by atoms with E-state index in [0.29, 0.717) is 11.4 Å². The number of amides is 1. The molecule has 2 aromatic heterocycles. The van der Waals surface area contributed by atoms with Crippen LogP contribution in [0.3, 0.4) is 0 Å². The SMILES string of the molecule is CC[C@@H](C)[C@@H](NC(=O)c1cccc(-n2nnnc2C)c1)c1nc2ccccc2[nH]1. The molecule has 2 aromatic carbocycles. The van der Waals surface area contributed by atoms with E-state index in [1.807, 2.05) is 43.3 Å². The summed E-state index contributed by atoms with van der Waals surface area (Å²) in [5, 5.41) is 14.7. The number of hydrogen-bond acceptors (Lipinski definition) is 5. The molecule has 8 nitrogen and oxygen atoms in total. The van der Waals surface area contributed by atoms with Gasteiger partial charge in [0.05, 0.1) is 22.8 Å². The molecule has 2 atom stereocenters. The van der Waals surface area contributed by atoms with Crippen LogP contribution in [0.1, 0.15) is 48.3 Å². The van der Waals surface area contributed by atoms with Crippen molar-refractivity contribution in [1.29, 1.82) is 0 Å². The number of carbonyl (C=O) groups excluding carboxylic acids is 1. The number of tetrazole rings is 1. The Kier molecular flexibility index (Phi) is 5.07. The van der Waals surface area contributed by atoms with Gasteiger partial charge in [0.1, 0.15) is 5.82 Å². The van der Waals surface area contributed by atoms with Crippen LogP contribution in [0.15, 0.2) is 48.5 Å². The monoisotopic (exact) mass is 389 g/mol. The van der Waals surface area contributed by atoms with E-state index in [2.05, 4.69) is 39.7 Å². The molecule has 0 fully saturated rings. The molecule has 0 unspecified atom stereocenters. The van der Waals surface area contributed by atoms with E-state index < -0.39 is 0 Å². The minimum atomic E-state index is -0.224. The maximum Gasteiger partial charge on any atom is 0.251 e. The Morgan fingerprint density at radius 1 is 1.21 bits per heavy atom. The summed E-state index contributed by atoms with van der Waals surface area (Å²) in [7, 11) is 0. The maximum atomic E-state index is 13.1. The number of imidazole rings is 1. The van der Waals surface area contributed by atoms with E-state index in [1.165, 1.54) is 0 Å². The number of nitrogens with one attached hydrogen (secondary N) is 2. The Morgan fingerprint density at radius 3 is 2.76 bits per heavy atom. The fraction of sp³-hybridized carbons (Fsp3) is 0.286. The summed E-state index contributed by atoms with van der Waals surface area (Å²) >= 11 is 0. The lowest BCUT2D eigenvalue weighted by molar-refractivity contribution is 0.0920. The number of para-hydroxylation sites is 2. The molecule has 0 bridgehead atoms. The number of aryl methyl sites for hydroxylation is 1. The third-order valence-electron chi connectivity index (χ3n) is 5.18. The molecule has 4 aromatic rings. The standard InChI is InChI=1S/C21H23N7O/c1-4-13(2)19(20-22-17-10-5-6-11-18(17)23-20)24-21(29)15-8-7-9-16(12-15)28-14(3)25-26-27-28/h5-13,19H,4H2,1-3H3,(H,22,23)(H,24,29)/t13-,19-/m1/s1. The Balaban J connectivity index is 1.63. The van der Waals surface area contributed by atoms with Crippen molar-refractivity contribution in [3.63, 3.8) is 0 Å². The Hall–Kier alpha value is -3.55. The van der Waals surface area contributed by atoms with Gasteiger partial charge in [-0.25, -0.2) is 4.98 Å². The number of carbonyl (C=O) groups is 1. The fourth-order valence-corrected chi connectivity index (χ4v) is 3.31. The second-order valence-corrected chi connectivity index (χ2v) is 7.16. The fourth-order valence-electron chi connectivity index (χ4n) is 3.31. The summed E-state index contributed by atoms with van der Waals surface area (Å²) < 4.78 is 1.60. The van der Waals surface area contributed by atoms with E-state index in [4.69, 9.17) is 4.98 Å². The van der Waals surface area contributed by atoms with Gasteiger partial charge in [0, 0.05) is 5.56 Å². The van der Waals surface area contributed by atoms with E-state index in [1.54, 1.807) is 16.8 Å². The van der Waals surface area contributed by atoms with Crippen LogP contribution < -0.4 is 5.32 Å². The van der Waals surface area contributed by atoms with Crippen molar-refractivity contribution in [2.45, 2.75) is 33.2 Å². The molecule has 29 heavy (non-hydrogen) atoms. The first kappa shape index (κ1) is 18.8. The van der Waals surface area contributed by atoms with Gasteiger partial charge in [-0.15, -0.1) is 5.10 Å². The minimum absolute atomic E-state index is 0.164. The van der Waals surface area contributed by atoms with Crippen molar-refractivity contribution in [1.82, 2.24) is 35.5 Å². The van der Waals surface area contributed by atoms with Gasteiger partial charge in [-0.05, 0) is 53.6 Å². The molecule has 0 radical (unpaired) electrons. The third-order valence-corrected chi connectivity index (χ3v) is 5.18. The highest BCUT2D eigenvalue weighted by molar-refractivity contribution is 5.95. The highest BCUT2D eigenvalue weighted by Gasteiger charge is 2.24. The van der Waals surface area contributed by atoms with Crippen molar-refractivity contribution >= 4 is 16.9 Å². The molecule has 0 aliphatic rings. The van der Waals surface area contributed by atoms with E-state index in [9.17, 15) is 4.79 Å². The lowest BCUT2D eigenvalue weighted by Crippen LogP contribution is -2.33. The van der Waals surface area contributed by atoms with E-state index >= 15 is 0 Å². The first-order valence-electron chi connectivity index (χ1n) is 9.67. The summed E-state index contributed by atoms with van der Waals surface area (Å²) in [5.74, 6) is 1.47. The number of fused-ring (bicyclic) bond motifs is 1.